The molecule has 0 saturated carbocycles. The minimum Gasteiger partial charge on any atom is -0.507 e. The Kier molecular flexibility index (Phi) is 7.80. The molecule has 0 radical (unpaired) electrons. The molecule has 2 N–H and O–H groups in total. The van der Waals surface area contributed by atoms with Gasteiger partial charge in [-0.05, 0) is 54.8 Å². The molecule has 3 heterocycles. The molecule has 46 heavy (non-hydrogen) atoms. The largest absolute Gasteiger partial charge is 0.507 e. The van der Waals surface area contributed by atoms with Crippen LogP contribution in [0.1, 0.15) is 45.1 Å². The van der Waals surface area contributed by atoms with E-state index in [1.54, 1.807) is 48.5 Å². The predicted molar refractivity (Wildman–Crippen MR) is 172 cm³/mol. The first-order valence-corrected chi connectivity index (χ1v) is 15.1. The summed E-state index contributed by atoms with van der Waals surface area (Å²) in [5.74, 6) is 0.0554. The molecule has 4 aromatic carbocycles. The molecular formula is C37H31NO8. The van der Waals surface area contributed by atoms with Gasteiger partial charge in [-0.25, -0.2) is 9.59 Å². The molecule has 1 aliphatic heterocycles. The van der Waals surface area contributed by atoms with Gasteiger partial charge in [0.05, 0.1) is 30.6 Å². The second kappa shape index (κ2) is 12.4. The predicted octanol–water partition coefficient (Wildman–Crippen LogP) is 6.73. The molecule has 9 nitrogen and oxygen atoms in total. The van der Waals surface area contributed by atoms with E-state index in [9.17, 15) is 14.7 Å². The fourth-order valence-corrected chi connectivity index (χ4v) is 6.22. The molecule has 0 amide bonds. The summed E-state index contributed by atoms with van der Waals surface area (Å²) in [6.45, 7) is 0.892. The average Bonchev–Trinajstić information content (AvgIpc) is 3.46. The van der Waals surface area contributed by atoms with Crippen molar-refractivity contribution in [2.75, 3.05) is 26.9 Å². The van der Waals surface area contributed by atoms with Crippen molar-refractivity contribution in [1.82, 2.24) is 4.98 Å². The van der Waals surface area contributed by atoms with Gasteiger partial charge in [0.25, 0.3) is 0 Å². The van der Waals surface area contributed by atoms with Crippen LogP contribution in [0.3, 0.4) is 0 Å². The molecule has 6 aromatic rings. The summed E-state index contributed by atoms with van der Waals surface area (Å²) >= 11 is 0. The first kappa shape index (κ1) is 29.0. The van der Waals surface area contributed by atoms with E-state index in [0.717, 1.165) is 16.5 Å². The van der Waals surface area contributed by atoms with Crippen LogP contribution in [0, 0.1) is 0 Å². The third-order valence-electron chi connectivity index (χ3n) is 8.28. The third kappa shape index (κ3) is 5.19. The Balaban J connectivity index is 1.33. The SMILES string of the molecule is COc1ccccc1C(=O)OCCCc1c(C(c2cccc3c2OCCO3)c2c(O)c3ccccc3oc2=O)[nH]c2ccccc12. The summed E-state index contributed by atoms with van der Waals surface area (Å²) in [7, 11) is 1.51. The van der Waals surface area contributed by atoms with Crippen molar-refractivity contribution in [2.45, 2.75) is 18.8 Å². The first-order valence-electron chi connectivity index (χ1n) is 15.1. The van der Waals surface area contributed by atoms with Crippen LogP contribution in [-0.2, 0) is 11.2 Å². The number of H-pyrrole nitrogens is 1. The van der Waals surface area contributed by atoms with Gasteiger partial charge < -0.3 is 33.5 Å². The number of methoxy groups -OCH3 is 1. The number of ether oxygens (including phenoxy) is 4. The summed E-state index contributed by atoms with van der Waals surface area (Å²) in [5, 5.41) is 13.1. The van der Waals surface area contributed by atoms with Gasteiger partial charge in [0.2, 0.25) is 0 Å². The fourth-order valence-electron chi connectivity index (χ4n) is 6.22. The zero-order valence-electron chi connectivity index (χ0n) is 25.1. The zero-order chi connectivity index (χ0) is 31.6. The number of esters is 1. The van der Waals surface area contributed by atoms with Crippen LogP contribution in [0.25, 0.3) is 21.9 Å². The fraction of sp³-hybridized carbons (Fsp3) is 0.189. The Labute approximate surface area is 263 Å². The van der Waals surface area contributed by atoms with E-state index in [0.29, 0.717) is 65.5 Å². The first-order chi connectivity index (χ1) is 22.5. The number of hydrogen-bond donors (Lipinski definition) is 2. The minimum absolute atomic E-state index is 0.0803. The molecule has 9 heteroatoms. The number of hydrogen-bond acceptors (Lipinski definition) is 8. The highest BCUT2D eigenvalue weighted by atomic mass is 16.6. The lowest BCUT2D eigenvalue weighted by Crippen LogP contribution is -2.21. The van der Waals surface area contributed by atoms with E-state index in [1.807, 2.05) is 42.5 Å². The van der Waals surface area contributed by atoms with Crippen molar-refractivity contribution in [3.05, 3.63) is 129 Å². The highest BCUT2D eigenvalue weighted by Gasteiger charge is 2.34. The van der Waals surface area contributed by atoms with Crippen LogP contribution in [0.2, 0.25) is 0 Å². The highest BCUT2D eigenvalue weighted by Crippen LogP contribution is 2.47. The average molecular weight is 618 g/mol. The van der Waals surface area contributed by atoms with Crippen molar-refractivity contribution >= 4 is 27.8 Å². The Hall–Kier alpha value is -5.70. The number of carbonyl (C=O) groups is 1. The number of para-hydroxylation sites is 4. The smallest absolute Gasteiger partial charge is 0.344 e. The molecule has 0 bridgehead atoms. The Morgan fingerprint density at radius 1 is 0.913 bits per heavy atom. The lowest BCUT2D eigenvalue weighted by atomic mass is 9.84. The molecule has 0 saturated heterocycles. The van der Waals surface area contributed by atoms with Crippen LogP contribution in [0.5, 0.6) is 23.0 Å². The quantitative estimate of drug-likeness (QED) is 0.104. The van der Waals surface area contributed by atoms with Crippen molar-refractivity contribution in [1.29, 1.82) is 0 Å². The maximum atomic E-state index is 13.8. The van der Waals surface area contributed by atoms with E-state index < -0.39 is 17.5 Å². The lowest BCUT2D eigenvalue weighted by molar-refractivity contribution is 0.0497. The molecule has 7 rings (SSSR count). The maximum absolute atomic E-state index is 13.8. The Morgan fingerprint density at radius 2 is 1.67 bits per heavy atom. The van der Waals surface area contributed by atoms with E-state index in [4.69, 9.17) is 23.4 Å². The summed E-state index contributed by atoms with van der Waals surface area (Å²) < 4.78 is 28.8. The summed E-state index contributed by atoms with van der Waals surface area (Å²) in [6.07, 6.45) is 0.994. The van der Waals surface area contributed by atoms with E-state index in [-0.39, 0.29) is 23.5 Å². The maximum Gasteiger partial charge on any atom is 0.344 e. The van der Waals surface area contributed by atoms with Crippen LogP contribution in [0.4, 0.5) is 0 Å². The number of nitrogens with one attached hydrogen (secondary N) is 1. The van der Waals surface area contributed by atoms with Gasteiger partial charge in [0.1, 0.15) is 35.9 Å². The third-order valence-corrected chi connectivity index (χ3v) is 8.28. The van der Waals surface area contributed by atoms with Gasteiger partial charge in [-0.1, -0.05) is 54.6 Å². The summed E-state index contributed by atoms with van der Waals surface area (Å²) in [5.41, 5.74) is 3.17. The number of rotatable bonds is 9. The molecular weight excluding hydrogens is 586 g/mol. The molecule has 1 aliphatic rings. The molecule has 0 fully saturated rings. The van der Waals surface area contributed by atoms with Crippen molar-refractivity contribution < 1.29 is 33.3 Å². The standard InChI is InChI=1S/C37H31NO8/c1-42-28-16-6-4-12-25(28)36(40)45-19-9-14-23-22-10-2-5-15-27(22)38-33(23)31(26-13-8-18-30-35(26)44-21-20-43-30)32-34(39)24-11-3-7-17-29(24)46-37(32)41/h2-8,10-13,15-18,31,38-39H,9,14,19-21H2,1H3. The van der Waals surface area contributed by atoms with Crippen molar-refractivity contribution in [3.63, 3.8) is 0 Å². The van der Waals surface area contributed by atoms with Crippen LogP contribution < -0.4 is 19.8 Å². The van der Waals surface area contributed by atoms with Crippen LogP contribution in [-0.4, -0.2) is 43.0 Å². The van der Waals surface area contributed by atoms with E-state index in [2.05, 4.69) is 4.98 Å². The number of aromatic amines is 1. The molecule has 1 unspecified atom stereocenters. The highest BCUT2D eigenvalue weighted by molar-refractivity contribution is 5.92. The topological polar surface area (TPSA) is 120 Å². The molecule has 232 valence electrons. The molecule has 0 aliphatic carbocycles. The van der Waals surface area contributed by atoms with Gasteiger partial charge in [0.15, 0.2) is 11.5 Å². The molecule has 0 spiro atoms. The number of fused-ring (bicyclic) bond motifs is 3. The second-order valence-electron chi connectivity index (χ2n) is 11.0. The number of aromatic hydroxyl groups is 1. The Bertz CT molecular complexity index is 2130. The van der Waals surface area contributed by atoms with Crippen molar-refractivity contribution in [3.8, 4) is 23.0 Å². The van der Waals surface area contributed by atoms with Gasteiger partial charge >= 0.3 is 11.6 Å². The van der Waals surface area contributed by atoms with Gasteiger partial charge in [-0.3, -0.25) is 0 Å². The number of aromatic nitrogens is 1. The summed E-state index contributed by atoms with van der Waals surface area (Å²) in [4.78, 5) is 30.2. The number of carbonyl (C=O) groups excluding carboxylic acids is 1. The monoisotopic (exact) mass is 617 g/mol. The van der Waals surface area contributed by atoms with Gasteiger partial charge in [-0.15, -0.1) is 0 Å². The van der Waals surface area contributed by atoms with Crippen LogP contribution >= 0.6 is 0 Å². The van der Waals surface area contributed by atoms with Gasteiger partial charge in [-0.2, -0.15) is 0 Å². The van der Waals surface area contributed by atoms with E-state index in [1.165, 1.54) is 7.11 Å². The zero-order valence-corrected chi connectivity index (χ0v) is 25.1. The number of aryl methyl sites for hydroxylation is 1. The summed E-state index contributed by atoms with van der Waals surface area (Å²) in [6, 6.07) is 27.2. The van der Waals surface area contributed by atoms with Crippen molar-refractivity contribution in [2.24, 2.45) is 0 Å². The van der Waals surface area contributed by atoms with E-state index >= 15 is 0 Å². The lowest BCUT2D eigenvalue weighted by Gasteiger charge is -2.26. The Morgan fingerprint density at radius 3 is 2.54 bits per heavy atom. The second-order valence-corrected chi connectivity index (χ2v) is 11.0. The normalized spacial score (nSPS) is 13.1. The van der Waals surface area contributed by atoms with Gasteiger partial charge in [0, 0.05) is 22.2 Å². The molecule has 2 aromatic heterocycles. The minimum atomic E-state index is -0.809. The van der Waals surface area contributed by atoms with Crippen LogP contribution in [0.15, 0.2) is 100 Å². The number of benzene rings is 4. The molecule has 1 atom stereocenters.